The zero-order valence-corrected chi connectivity index (χ0v) is 13.9. The second-order valence-electron chi connectivity index (χ2n) is 5.77. The quantitative estimate of drug-likeness (QED) is 0.854. The van der Waals surface area contributed by atoms with Gasteiger partial charge < -0.3 is 10.6 Å². The van der Waals surface area contributed by atoms with Gasteiger partial charge in [0.05, 0.1) is 11.9 Å². The van der Waals surface area contributed by atoms with Gasteiger partial charge in [-0.25, -0.2) is 4.98 Å². The molecule has 5 heteroatoms. The first-order valence-corrected chi connectivity index (χ1v) is 7.44. The van der Waals surface area contributed by atoms with Crippen LogP contribution in [0.5, 0.6) is 0 Å². The van der Waals surface area contributed by atoms with Gasteiger partial charge in [0.2, 0.25) is 5.91 Å². The van der Waals surface area contributed by atoms with Crippen molar-refractivity contribution in [2.45, 2.75) is 20.8 Å². The molecule has 0 aliphatic heterocycles. The number of carbonyl (C=O) groups excluding carboxylic acids is 1. The van der Waals surface area contributed by atoms with E-state index in [-0.39, 0.29) is 5.91 Å². The summed E-state index contributed by atoms with van der Waals surface area (Å²) < 4.78 is 1.03. The molecule has 0 bridgehead atoms. The summed E-state index contributed by atoms with van der Waals surface area (Å²) in [6.45, 7) is 5.62. The summed E-state index contributed by atoms with van der Waals surface area (Å²) in [5, 5.41) is 6.04. The number of carbonyl (C=O) groups is 1. The van der Waals surface area contributed by atoms with Crippen molar-refractivity contribution in [2.24, 2.45) is 5.41 Å². The van der Waals surface area contributed by atoms with E-state index in [0.717, 1.165) is 16.0 Å². The Hall–Kier alpha value is -1.88. The predicted molar refractivity (Wildman–Crippen MR) is 89.7 cm³/mol. The van der Waals surface area contributed by atoms with Crippen molar-refractivity contribution < 1.29 is 4.79 Å². The predicted octanol–water partition coefficient (Wildman–Crippen LogP) is 4.57. The van der Waals surface area contributed by atoms with Gasteiger partial charge in [-0.05, 0) is 36.4 Å². The molecule has 2 rings (SSSR count). The normalized spacial score (nSPS) is 11.0. The smallest absolute Gasteiger partial charge is 0.229 e. The average molecular weight is 348 g/mol. The van der Waals surface area contributed by atoms with Crippen LogP contribution in [0.25, 0.3) is 0 Å². The molecular weight excluding hydrogens is 330 g/mol. The Morgan fingerprint density at radius 2 is 1.67 bits per heavy atom. The van der Waals surface area contributed by atoms with E-state index in [2.05, 4.69) is 31.5 Å². The molecule has 0 radical (unpaired) electrons. The standard InChI is InChI=1S/C16H18BrN3O/c1-16(2,3)15(21)20-13-8-9-14(18-10-13)19-12-6-4-11(17)5-7-12/h4-10H,1-3H3,(H,18,19)(H,20,21). The average Bonchev–Trinajstić information content (AvgIpc) is 2.42. The number of halogens is 1. The van der Waals surface area contributed by atoms with E-state index in [1.54, 1.807) is 6.20 Å². The maximum atomic E-state index is 11.9. The molecule has 110 valence electrons. The molecule has 21 heavy (non-hydrogen) atoms. The summed E-state index contributed by atoms with van der Waals surface area (Å²) in [6, 6.07) is 11.5. The van der Waals surface area contributed by atoms with Crippen LogP contribution in [-0.2, 0) is 4.79 Å². The molecule has 0 fully saturated rings. The maximum absolute atomic E-state index is 11.9. The minimum atomic E-state index is -0.422. The number of hydrogen-bond acceptors (Lipinski definition) is 3. The second-order valence-corrected chi connectivity index (χ2v) is 6.68. The number of nitrogens with one attached hydrogen (secondary N) is 2. The van der Waals surface area contributed by atoms with Crippen molar-refractivity contribution in [3.05, 3.63) is 47.1 Å². The van der Waals surface area contributed by atoms with Gasteiger partial charge in [-0.2, -0.15) is 0 Å². The van der Waals surface area contributed by atoms with Crippen molar-refractivity contribution >= 4 is 39.0 Å². The molecule has 0 saturated carbocycles. The van der Waals surface area contributed by atoms with E-state index in [1.807, 2.05) is 57.2 Å². The highest BCUT2D eigenvalue weighted by Gasteiger charge is 2.21. The highest BCUT2D eigenvalue weighted by Crippen LogP contribution is 2.20. The van der Waals surface area contributed by atoms with Crippen LogP contribution in [0.15, 0.2) is 47.1 Å². The van der Waals surface area contributed by atoms with Crippen LogP contribution in [0.1, 0.15) is 20.8 Å². The number of rotatable bonds is 3. The first-order chi connectivity index (χ1) is 9.84. The van der Waals surface area contributed by atoms with Crippen LogP contribution in [-0.4, -0.2) is 10.9 Å². The van der Waals surface area contributed by atoms with Gasteiger partial charge >= 0.3 is 0 Å². The summed E-state index contributed by atoms with van der Waals surface area (Å²) in [7, 11) is 0. The van der Waals surface area contributed by atoms with Gasteiger partial charge in [0, 0.05) is 15.6 Å². The monoisotopic (exact) mass is 347 g/mol. The molecule has 0 saturated heterocycles. The molecule has 0 aliphatic rings. The molecular formula is C16H18BrN3O. The van der Waals surface area contributed by atoms with Crippen LogP contribution >= 0.6 is 15.9 Å². The fourth-order valence-electron chi connectivity index (χ4n) is 1.54. The molecule has 1 heterocycles. The third-order valence-electron chi connectivity index (χ3n) is 2.82. The van der Waals surface area contributed by atoms with Gasteiger partial charge in [-0.1, -0.05) is 36.7 Å². The fraction of sp³-hybridized carbons (Fsp3) is 0.250. The number of hydrogen-bond donors (Lipinski definition) is 2. The van der Waals surface area contributed by atoms with E-state index in [0.29, 0.717) is 5.69 Å². The zero-order valence-electron chi connectivity index (χ0n) is 12.3. The molecule has 0 spiro atoms. The number of amides is 1. The summed E-state index contributed by atoms with van der Waals surface area (Å²) in [5.74, 6) is 0.698. The Kier molecular flexibility index (Phi) is 4.63. The first kappa shape index (κ1) is 15.5. The minimum absolute atomic E-state index is 0.0297. The molecule has 1 amide bonds. The molecule has 0 atom stereocenters. The van der Waals surface area contributed by atoms with E-state index >= 15 is 0 Å². The van der Waals surface area contributed by atoms with Crippen molar-refractivity contribution in [2.75, 3.05) is 10.6 Å². The molecule has 2 aromatic rings. The molecule has 4 nitrogen and oxygen atoms in total. The summed E-state index contributed by atoms with van der Waals surface area (Å²) >= 11 is 3.40. The largest absolute Gasteiger partial charge is 0.340 e. The Morgan fingerprint density at radius 1 is 1.05 bits per heavy atom. The number of nitrogens with zero attached hydrogens (tertiary/aromatic N) is 1. The lowest BCUT2D eigenvalue weighted by Gasteiger charge is -2.17. The van der Waals surface area contributed by atoms with E-state index in [9.17, 15) is 4.79 Å². The molecule has 2 N–H and O–H groups in total. The van der Waals surface area contributed by atoms with Crippen LogP contribution in [0, 0.1) is 5.41 Å². The SMILES string of the molecule is CC(C)(C)C(=O)Nc1ccc(Nc2ccc(Br)cc2)nc1. The Balaban J connectivity index is 2.02. The van der Waals surface area contributed by atoms with Crippen molar-refractivity contribution in [3.63, 3.8) is 0 Å². The Morgan fingerprint density at radius 3 is 2.19 bits per heavy atom. The topological polar surface area (TPSA) is 54.0 Å². The van der Waals surface area contributed by atoms with Gasteiger partial charge in [-0.15, -0.1) is 0 Å². The van der Waals surface area contributed by atoms with Crippen molar-refractivity contribution in [3.8, 4) is 0 Å². The van der Waals surface area contributed by atoms with E-state index in [1.165, 1.54) is 0 Å². The molecule has 1 aromatic heterocycles. The second kappa shape index (κ2) is 6.26. The highest BCUT2D eigenvalue weighted by molar-refractivity contribution is 9.10. The van der Waals surface area contributed by atoms with Crippen molar-refractivity contribution in [1.29, 1.82) is 0 Å². The first-order valence-electron chi connectivity index (χ1n) is 6.65. The fourth-order valence-corrected chi connectivity index (χ4v) is 1.81. The van der Waals surface area contributed by atoms with Crippen molar-refractivity contribution in [1.82, 2.24) is 4.98 Å². The lowest BCUT2D eigenvalue weighted by Crippen LogP contribution is -2.27. The van der Waals surface area contributed by atoms with E-state index in [4.69, 9.17) is 0 Å². The third kappa shape index (κ3) is 4.56. The number of pyridine rings is 1. The van der Waals surface area contributed by atoms with Gasteiger partial charge in [0.25, 0.3) is 0 Å². The Bertz CT molecular complexity index is 615. The van der Waals surface area contributed by atoms with Crippen LogP contribution in [0.3, 0.4) is 0 Å². The zero-order chi connectivity index (χ0) is 15.5. The lowest BCUT2D eigenvalue weighted by atomic mass is 9.96. The minimum Gasteiger partial charge on any atom is -0.340 e. The maximum Gasteiger partial charge on any atom is 0.229 e. The number of benzene rings is 1. The summed E-state index contributed by atoms with van der Waals surface area (Å²) in [4.78, 5) is 16.2. The highest BCUT2D eigenvalue weighted by atomic mass is 79.9. The molecule has 1 aromatic carbocycles. The van der Waals surface area contributed by atoms with Crippen LogP contribution in [0.2, 0.25) is 0 Å². The van der Waals surface area contributed by atoms with Gasteiger partial charge in [0.15, 0.2) is 0 Å². The molecule has 0 unspecified atom stereocenters. The van der Waals surface area contributed by atoms with Gasteiger partial charge in [-0.3, -0.25) is 4.79 Å². The summed E-state index contributed by atoms with van der Waals surface area (Å²) in [6.07, 6.45) is 1.64. The van der Waals surface area contributed by atoms with Crippen LogP contribution < -0.4 is 10.6 Å². The third-order valence-corrected chi connectivity index (χ3v) is 3.35. The summed E-state index contributed by atoms with van der Waals surface area (Å²) in [5.41, 5.74) is 1.22. The lowest BCUT2D eigenvalue weighted by molar-refractivity contribution is -0.123. The van der Waals surface area contributed by atoms with E-state index < -0.39 is 5.41 Å². The van der Waals surface area contributed by atoms with Gasteiger partial charge in [0.1, 0.15) is 5.82 Å². The number of aromatic nitrogens is 1. The Labute approximate surface area is 133 Å². The van der Waals surface area contributed by atoms with Crippen LogP contribution in [0.4, 0.5) is 17.2 Å². The molecule has 0 aliphatic carbocycles. The number of anilines is 3.